The third-order valence-electron chi connectivity index (χ3n) is 5.51. The average molecular weight is 445 g/mol. The van der Waals surface area contributed by atoms with Crippen molar-refractivity contribution in [3.63, 3.8) is 0 Å². The van der Waals surface area contributed by atoms with Gasteiger partial charge in [0.25, 0.3) is 17.4 Å². The Labute approximate surface area is 190 Å². The number of carbonyl (C=O) groups is 3. The van der Waals surface area contributed by atoms with Crippen LogP contribution in [0.25, 0.3) is 0 Å². The minimum absolute atomic E-state index is 0.0935. The minimum Gasteiger partial charge on any atom is -0.322 e. The number of hydrogen-bond donors (Lipinski definition) is 2. The van der Waals surface area contributed by atoms with Crippen LogP contribution in [-0.2, 0) is 17.8 Å². The first-order valence-electron chi connectivity index (χ1n) is 10.5. The molecule has 0 unspecified atom stereocenters. The molecule has 2 heterocycles. The Bertz CT molecular complexity index is 1240. The molecule has 0 aliphatic carbocycles. The van der Waals surface area contributed by atoms with Crippen LogP contribution in [0, 0.1) is 0 Å². The van der Waals surface area contributed by atoms with Gasteiger partial charge in [0.05, 0.1) is 6.54 Å². The largest absolute Gasteiger partial charge is 0.344 e. The second kappa shape index (κ2) is 9.07. The normalized spacial score (nSPS) is 17.7. The lowest BCUT2D eigenvalue weighted by Crippen LogP contribution is -2.49. The molecule has 2 N–H and O–H groups in total. The number of carbonyl (C=O) groups excluding carboxylic acids is 3. The van der Waals surface area contributed by atoms with Gasteiger partial charge in [-0.25, -0.2) is 9.48 Å². The standard InChI is InChI=1S/C24H23N5O4/c1-24(15-14-17-8-4-2-5-9-17)22(32)29(23(33)25-24)27-21(31)19-12-13-20(30)28(26-19)16-18-10-6-3-7-11-18/h2-13H,14-16H2,1H3,(H,25,33)(H,27,31)/t24-/m1/s1. The number of urea groups is 1. The summed E-state index contributed by atoms with van der Waals surface area (Å²) in [6.45, 7) is 1.81. The molecule has 1 aromatic heterocycles. The minimum atomic E-state index is -1.15. The van der Waals surface area contributed by atoms with E-state index in [4.69, 9.17) is 0 Å². The van der Waals surface area contributed by atoms with E-state index in [-0.39, 0.29) is 17.8 Å². The molecular weight excluding hydrogens is 422 g/mol. The van der Waals surface area contributed by atoms with Crippen LogP contribution < -0.4 is 16.3 Å². The van der Waals surface area contributed by atoms with Crippen molar-refractivity contribution < 1.29 is 14.4 Å². The topological polar surface area (TPSA) is 113 Å². The van der Waals surface area contributed by atoms with E-state index in [1.807, 2.05) is 60.7 Å². The zero-order valence-electron chi connectivity index (χ0n) is 18.0. The Morgan fingerprint density at radius 3 is 2.24 bits per heavy atom. The predicted molar refractivity (Wildman–Crippen MR) is 120 cm³/mol. The summed E-state index contributed by atoms with van der Waals surface area (Å²) in [5, 5.41) is 7.42. The van der Waals surface area contributed by atoms with Crippen molar-refractivity contribution in [3.8, 4) is 0 Å². The molecule has 9 nitrogen and oxygen atoms in total. The molecule has 0 saturated carbocycles. The molecule has 1 aliphatic rings. The van der Waals surface area contributed by atoms with Crippen LogP contribution in [0.15, 0.2) is 77.6 Å². The number of benzene rings is 2. The first-order valence-corrected chi connectivity index (χ1v) is 10.5. The molecule has 0 spiro atoms. The number of imide groups is 1. The Balaban J connectivity index is 1.45. The van der Waals surface area contributed by atoms with E-state index < -0.39 is 23.4 Å². The van der Waals surface area contributed by atoms with E-state index >= 15 is 0 Å². The maximum absolute atomic E-state index is 12.9. The fourth-order valence-corrected chi connectivity index (χ4v) is 3.59. The zero-order valence-corrected chi connectivity index (χ0v) is 18.0. The highest BCUT2D eigenvalue weighted by Crippen LogP contribution is 2.22. The molecule has 9 heteroatoms. The van der Waals surface area contributed by atoms with Gasteiger partial charge in [-0.3, -0.25) is 19.8 Å². The van der Waals surface area contributed by atoms with Crippen molar-refractivity contribution >= 4 is 17.8 Å². The van der Waals surface area contributed by atoms with E-state index in [0.29, 0.717) is 17.9 Å². The number of aromatic nitrogens is 2. The lowest BCUT2D eigenvalue weighted by atomic mass is 9.93. The number of rotatable bonds is 7. The molecule has 0 bridgehead atoms. The zero-order chi connectivity index (χ0) is 23.4. The van der Waals surface area contributed by atoms with E-state index in [1.165, 1.54) is 12.1 Å². The maximum Gasteiger partial charge on any atom is 0.344 e. The lowest BCUT2D eigenvalue weighted by molar-refractivity contribution is -0.132. The number of aryl methyl sites for hydroxylation is 1. The average Bonchev–Trinajstić information content (AvgIpc) is 3.03. The molecule has 0 radical (unpaired) electrons. The molecular formula is C24H23N5O4. The quantitative estimate of drug-likeness (QED) is 0.539. The van der Waals surface area contributed by atoms with E-state index in [2.05, 4.69) is 15.8 Å². The number of nitrogens with one attached hydrogen (secondary N) is 2. The SMILES string of the molecule is C[C@]1(CCc2ccccc2)NC(=O)N(NC(=O)c2ccc(=O)n(Cc3ccccc3)n2)C1=O. The molecule has 4 rings (SSSR count). The van der Waals surface area contributed by atoms with Crippen LogP contribution in [0.5, 0.6) is 0 Å². The second-order valence-corrected chi connectivity index (χ2v) is 8.03. The Morgan fingerprint density at radius 2 is 1.58 bits per heavy atom. The van der Waals surface area contributed by atoms with Gasteiger partial charge in [0.1, 0.15) is 5.54 Å². The molecule has 1 aliphatic heterocycles. The van der Waals surface area contributed by atoms with Gasteiger partial charge in [-0.1, -0.05) is 60.7 Å². The van der Waals surface area contributed by atoms with E-state index in [9.17, 15) is 19.2 Å². The summed E-state index contributed by atoms with van der Waals surface area (Å²) < 4.78 is 1.15. The molecule has 1 atom stereocenters. The number of amides is 4. The summed E-state index contributed by atoms with van der Waals surface area (Å²) in [7, 11) is 0. The maximum atomic E-state index is 12.9. The summed E-state index contributed by atoms with van der Waals surface area (Å²) in [6, 6.07) is 20.6. The highest BCUT2D eigenvalue weighted by Gasteiger charge is 2.48. The smallest absolute Gasteiger partial charge is 0.322 e. The van der Waals surface area contributed by atoms with Crippen LogP contribution in [0.3, 0.4) is 0 Å². The number of hydrazine groups is 1. The molecule has 1 fully saturated rings. The molecule has 2 aromatic carbocycles. The number of nitrogens with zero attached hydrogens (tertiary/aromatic N) is 3. The Morgan fingerprint density at radius 1 is 0.939 bits per heavy atom. The van der Waals surface area contributed by atoms with Crippen molar-refractivity contribution in [1.29, 1.82) is 0 Å². The first-order chi connectivity index (χ1) is 15.9. The van der Waals surface area contributed by atoms with E-state index in [0.717, 1.165) is 15.8 Å². The van der Waals surface area contributed by atoms with Crippen LogP contribution in [0.1, 0.15) is 35.0 Å². The van der Waals surface area contributed by atoms with Crippen molar-refractivity contribution in [3.05, 3.63) is 100.0 Å². The third-order valence-corrected chi connectivity index (χ3v) is 5.51. The van der Waals surface area contributed by atoms with Gasteiger partial charge in [0.2, 0.25) is 0 Å². The van der Waals surface area contributed by atoms with Gasteiger partial charge in [-0.2, -0.15) is 10.1 Å². The van der Waals surface area contributed by atoms with E-state index in [1.54, 1.807) is 6.92 Å². The monoisotopic (exact) mass is 445 g/mol. The van der Waals surface area contributed by atoms with Crippen molar-refractivity contribution in [1.82, 2.24) is 25.5 Å². The van der Waals surface area contributed by atoms with Crippen LogP contribution >= 0.6 is 0 Å². The Hall–Kier alpha value is -4.27. The van der Waals surface area contributed by atoms with Gasteiger partial charge in [-0.15, -0.1) is 0 Å². The first kappa shape index (κ1) is 21.9. The molecule has 3 aromatic rings. The van der Waals surface area contributed by atoms with Crippen molar-refractivity contribution in [2.45, 2.75) is 31.8 Å². The van der Waals surface area contributed by atoms with Crippen LogP contribution in [0.4, 0.5) is 4.79 Å². The van der Waals surface area contributed by atoms with Crippen molar-refractivity contribution in [2.24, 2.45) is 0 Å². The predicted octanol–water partition coefficient (Wildman–Crippen LogP) is 1.88. The summed E-state index contributed by atoms with van der Waals surface area (Å²) in [6.07, 6.45) is 0.950. The van der Waals surface area contributed by atoms with Gasteiger partial charge < -0.3 is 5.32 Å². The summed E-state index contributed by atoms with van der Waals surface area (Å²) in [4.78, 5) is 50.3. The fraction of sp³-hybridized carbons (Fsp3) is 0.208. The van der Waals surface area contributed by atoms with Crippen LogP contribution in [-0.4, -0.2) is 38.2 Å². The molecule has 1 saturated heterocycles. The van der Waals surface area contributed by atoms with Gasteiger partial charge in [0.15, 0.2) is 5.69 Å². The second-order valence-electron chi connectivity index (χ2n) is 8.03. The van der Waals surface area contributed by atoms with Gasteiger partial charge in [0, 0.05) is 6.07 Å². The van der Waals surface area contributed by atoms with Gasteiger partial charge in [-0.05, 0) is 37.0 Å². The van der Waals surface area contributed by atoms with Crippen LogP contribution in [0.2, 0.25) is 0 Å². The Kier molecular flexibility index (Phi) is 6.03. The summed E-state index contributed by atoms with van der Waals surface area (Å²) in [5.74, 6) is -1.33. The highest BCUT2D eigenvalue weighted by molar-refractivity contribution is 6.08. The van der Waals surface area contributed by atoms with Crippen molar-refractivity contribution in [2.75, 3.05) is 0 Å². The fourth-order valence-electron chi connectivity index (χ4n) is 3.59. The molecule has 168 valence electrons. The van der Waals surface area contributed by atoms with Gasteiger partial charge >= 0.3 is 6.03 Å². The summed E-state index contributed by atoms with van der Waals surface area (Å²) in [5.41, 5.74) is 2.57. The number of hydrogen-bond acceptors (Lipinski definition) is 5. The molecule has 33 heavy (non-hydrogen) atoms. The highest BCUT2D eigenvalue weighted by atomic mass is 16.2. The lowest BCUT2D eigenvalue weighted by Gasteiger charge is -2.21. The summed E-state index contributed by atoms with van der Waals surface area (Å²) >= 11 is 0. The molecule has 4 amide bonds. The third kappa shape index (κ3) is 4.82.